The summed E-state index contributed by atoms with van der Waals surface area (Å²) < 4.78 is 33.4. The summed E-state index contributed by atoms with van der Waals surface area (Å²) in [6.07, 6.45) is 37.6. The summed E-state index contributed by atoms with van der Waals surface area (Å²) in [6, 6.07) is 0. The van der Waals surface area contributed by atoms with Crippen LogP contribution in [0.25, 0.3) is 0 Å². The van der Waals surface area contributed by atoms with Gasteiger partial charge in [-0.1, -0.05) is 142 Å². The first kappa shape index (κ1) is 60.5. The van der Waals surface area contributed by atoms with Crippen LogP contribution >= 0.6 is 7.82 Å². The van der Waals surface area contributed by atoms with Gasteiger partial charge in [0.15, 0.2) is 6.10 Å². The van der Waals surface area contributed by atoms with Gasteiger partial charge in [-0.25, -0.2) is 4.57 Å². The summed E-state index contributed by atoms with van der Waals surface area (Å²) in [4.78, 5) is 35.7. The monoisotopic (exact) mass is 949 g/mol. The average molecular weight is 949 g/mol. The van der Waals surface area contributed by atoms with Crippen LogP contribution in [-0.4, -0.2) is 110 Å². The van der Waals surface area contributed by atoms with Crippen molar-refractivity contribution in [2.24, 2.45) is 0 Å². The van der Waals surface area contributed by atoms with Crippen LogP contribution in [0.3, 0.4) is 0 Å². The van der Waals surface area contributed by atoms with Crippen molar-refractivity contribution >= 4 is 19.8 Å². The second kappa shape index (κ2) is 39.5. The summed E-state index contributed by atoms with van der Waals surface area (Å²) in [5, 5.41) is 60.0. The standard InChI is InChI=1S/C51H81O14P/c1-3-5-7-8-9-10-11-12-13-14-15-16-17-18-23-26-29-32-35-39-45(54)64-43(41-63-66(60,61)65-51-49(58)47(56)46(55)48(57)50(51)59)40-62-44(53)38-34-31-28-25-22-20-19-21-24-27-30-33-37-42(52)36-6-4-2/h6,9-10,12-13,15-16,18-20,23-25,27-28,30,33,36,42-43,46-52,55-59H,3-5,7-8,11,14,17,21-22,26,29,31-32,34-35,37-41H2,1-2H3,(H,60,61)/b10-9-,13-12-,16-15-,20-19-,23-18-,27-24-,28-25-,33-30+,36-6-/t42?,43-,46?,47-,48+,49-,50-,51?/m1/s1. The normalized spacial score (nSPS) is 22.7. The van der Waals surface area contributed by atoms with Crippen LogP contribution < -0.4 is 0 Å². The highest BCUT2D eigenvalue weighted by Crippen LogP contribution is 2.47. The predicted molar refractivity (Wildman–Crippen MR) is 259 cm³/mol. The molecule has 1 rings (SSSR count). The molecule has 4 unspecified atom stereocenters. The zero-order valence-electron chi connectivity index (χ0n) is 39.3. The van der Waals surface area contributed by atoms with Gasteiger partial charge in [-0.05, 0) is 89.9 Å². The molecule has 9 atom stereocenters. The summed E-state index contributed by atoms with van der Waals surface area (Å²) >= 11 is 0. The maximum absolute atomic E-state index is 12.8. The number of ether oxygens (including phenoxy) is 2. The Morgan fingerprint density at radius 3 is 1.61 bits per heavy atom. The van der Waals surface area contributed by atoms with E-state index in [1.54, 1.807) is 6.08 Å². The number of phosphoric ester groups is 1. The van der Waals surface area contributed by atoms with E-state index in [9.17, 15) is 49.7 Å². The number of hydrogen-bond acceptors (Lipinski definition) is 13. The fraction of sp³-hybridized carbons (Fsp3) is 0.608. The van der Waals surface area contributed by atoms with Crippen LogP contribution in [0.1, 0.15) is 136 Å². The molecule has 0 amide bonds. The van der Waals surface area contributed by atoms with E-state index >= 15 is 0 Å². The molecule has 1 aliphatic rings. The Balaban J connectivity index is 2.54. The highest BCUT2D eigenvalue weighted by Gasteiger charge is 2.51. The number of unbranched alkanes of at least 4 members (excludes halogenated alkanes) is 7. The second-order valence-electron chi connectivity index (χ2n) is 16.1. The van der Waals surface area contributed by atoms with Crippen molar-refractivity contribution in [1.29, 1.82) is 0 Å². The van der Waals surface area contributed by atoms with Crippen LogP contribution in [0.5, 0.6) is 0 Å². The molecule has 1 saturated carbocycles. The van der Waals surface area contributed by atoms with Gasteiger partial charge in [0.05, 0.1) is 12.7 Å². The van der Waals surface area contributed by atoms with E-state index in [1.807, 2.05) is 61.6 Å². The lowest BCUT2D eigenvalue weighted by Gasteiger charge is -2.41. The molecule has 1 fully saturated rings. The number of aliphatic hydroxyl groups excluding tert-OH is 6. The number of esters is 2. The fourth-order valence-electron chi connectivity index (χ4n) is 6.32. The van der Waals surface area contributed by atoms with Crippen molar-refractivity contribution in [2.75, 3.05) is 13.2 Å². The van der Waals surface area contributed by atoms with E-state index < -0.39 is 81.8 Å². The molecule has 0 aromatic carbocycles. The van der Waals surface area contributed by atoms with Gasteiger partial charge in [-0.2, -0.15) is 0 Å². The summed E-state index contributed by atoms with van der Waals surface area (Å²) in [5.74, 6) is -1.24. The molecule has 0 aliphatic heterocycles. The van der Waals surface area contributed by atoms with Gasteiger partial charge < -0.3 is 45.0 Å². The molecule has 7 N–H and O–H groups in total. The van der Waals surface area contributed by atoms with Gasteiger partial charge in [-0.3, -0.25) is 18.6 Å². The minimum atomic E-state index is -5.16. The van der Waals surface area contributed by atoms with Crippen molar-refractivity contribution in [3.63, 3.8) is 0 Å². The van der Waals surface area contributed by atoms with Gasteiger partial charge in [0, 0.05) is 12.8 Å². The smallest absolute Gasteiger partial charge is 0.462 e. The molecule has 0 bridgehead atoms. The minimum Gasteiger partial charge on any atom is -0.462 e. The third kappa shape index (κ3) is 31.4. The summed E-state index contributed by atoms with van der Waals surface area (Å²) in [5.41, 5.74) is 0. The van der Waals surface area contributed by atoms with Crippen LogP contribution in [-0.2, 0) is 32.7 Å². The summed E-state index contributed by atoms with van der Waals surface area (Å²) in [6.45, 7) is 2.94. The quantitative estimate of drug-likeness (QED) is 0.0102. The Labute approximate surface area is 394 Å². The molecular formula is C51H81O14P. The van der Waals surface area contributed by atoms with E-state index in [0.717, 1.165) is 64.2 Å². The zero-order valence-corrected chi connectivity index (χ0v) is 40.2. The maximum Gasteiger partial charge on any atom is 0.472 e. The number of carbonyl (C=O) groups excluding carboxylic acids is 2. The first-order chi connectivity index (χ1) is 31.8. The molecule has 66 heavy (non-hydrogen) atoms. The number of hydrogen-bond donors (Lipinski definition) is 7. The van der Waals surface area contributed by atoms with Crippen LogP contribution in [0.4, 0.5) is 0 Å². The van der Waals surface area contributed by atoms with Crippen molar-refractivity contribution in [1.82, 2.24) is 0 Å². The molecule has 15 heteroatoms. The number of allylic oxidation sites excluding steroid dienone is 16. The van der Waals surface area contributed by atoms with Gasteiger partial charge in [0.2, 0.25) is 0 Å². The second-order valence-corrected chi connectivity index (χ2v) is 17.5. The Morgan fingerprint density at radius 2 is 1.05 bits per heavy atom. The van der Waals surface area contributed by atoms with E-state index in [4.69, 9.17) is 18.5 Å². The van der Waals surface area contributed by atoms with Crippen molar-refractivity contribution in [2.45, 2.75) is 185 Å². The molecule has 0 heterocycles. The van der Waals surface area contributed by atoms with E-state index in [2.05, 4.69) is 55.5 Å². The first-order valence-corrected chi connectivity index (χ1v) is 25.3. The van der Waals surface area contributed by atoms with Crippen LogP contribution in [0.15, 0.2) is 109 Å². The van der Waals surface area contributed by atoms with Crippen molar-refractivity contribution in [3.05, 3.63) is 109 Å². The number of carbonyl (C=O) groups is 2. The van der Waals surface area contributed by atoms with Crippen molar-refractivity contribution in [3.8, 4) is 0 Å². The number of rotatable bonds is 37. The highest BCUT2D eigenvalue weighted by atomic mass is 31.2. The van der Waals surface area contributed by atoms with Gasteiger partial charge >= 0.3 is 19.8 Å². The number of aliphatic hydroxyl groups is 6. The Bertz CT molecular complexity index is 1580. The lowest BCUT2D eigenvalue weighted by molar-refractivity contribution is -0.220. The molecule has 0 spiro atoms. The topological polar surface area (TPSA) is 230 Å². The lowest BCUT2D eigenvalue weighted by atomic mass is 9.85. The zero-order chi connectivity index (χ0) is 48.7. The predicted octanol–water partition coefficient (Wildman–Crippen LogP) is 8.58. The Kier molecular flexibility index (Phi) is 36.2. The molecule has 14 nitrogen and oxygen atoms in total. The van der Waals surface area contributed by atoms with Crippen LogP contribution in [0.2, 0.25) is 0 Å². The maximum atomic E-state index is 12.8. The molecule has 374 valence electrons. The van der Waals surface area contributed by atoms with Crippen molar-refractivity contribution < 1.29 is 68.2 Å². The number of phosphoric acid groups is 1. The van der Waals surface area contributed by atoms with Crippen LogP contribution in [0, 0.1) is 0 Å². The molecule has 0 saturated heterocycles. The largest absolute Gasteiger partial charge is 0.472 e. The van der Waals surface area contributed by atoms with E-state index in [1.165, 1.54) is 19.3 Å². The fourth-order valence-corrected chi connectivity index (χ4v) is 7.30. The summed E-state index contributed by atoms with van der Waals surface area (Å²) in [7, 11) is -5.16. The molecular weight excluding hydrogens is 868 g/mol. The lowest BCUT2D eigenvalue weighted by Crippen LogP contribution is -2.64. The third-order valence-electron chi connectivity index (χ3n) is 10.2. The molecule has 1 aliphatic carbocycles. The Morgan fingerprint density at radius 1 is 0.561 bits per heavy atom. The molecule has 0 aromatic rings. The SMILES string of the molecule is CC/C=C\C(O)C/C=C/C=C\C/C=C\C/C=C\CCCC(=O)OC[C@H](COP(=O)(O)OC1[C@H](O)[C@H](O)C(O)[C@H](O)[C@H]1O)OC(=O)CCCCC/C=C\C/C=C\C/C=C\C/C=C\CCCCC. The van der Waals surface area contributed by atoms with E-state index in [-0.39, 0.29) is 12.8 Å². The minimum absolute atomic E-state index is 0.0314. The highest BCUT2D eigenvalue weighted by molar-refractivity contribution is 7.47. The first-order valence-electron chi connectivity index (χ1n) is 23.8. The van der Waals surface area contributed by atoms with Gasteiger partial charge in [-0.15, -0.1) is 0 Å². The van der Waals surface area contributed by atoms with Gasteiger partial charge in [0.25, 0.3) is 0 Å². The molecule has 0 aromatic heterocycles. The molecule has 0 radical (unpaired) electrons. The third-order valence-corrected chi connectivity index (χ3v) is 11.2. The van der Waals surface area contributed by atoms with E-state index in [0.29, 0.717) is 25.7 Å². The average Bonchev–Trinajstić information content (AvgIpc) is 3.30. The van der Waals surface area contributed by atoms with Gasteiger partial charge in [0.1, 0.15) is 43.2 Å². The Hall–Kier alpha value is -3.53.